The molecule has 0 amide bonds. The van der Waals surface area contributed by atoms with Gasteiger partial charge in [-0.25, -0.2) is 5.10 Å². The summed E-state index contributed by atoms with van der Waals surface area (Å²) in [7, 11) is 0. The van der Waals surface area contributed by atoms with Crippen LogP contribution in [-0.2, 0) is 0 Å². The lowest BCUT2D eigenvalue weighted by Crippen LogP contribution is -2.31. The molecule has 2 atom stereocenters. The molecule has 0 aliphatic carbocycles. The van der Waals surface area contributed by atoms with E-state index in [9.17, 15) is 0 Å². The fraction of sp³-hybridized carbons (Fsp3) is 0.500. The normalized spacial score (nSPS) is 23.6. The Morgan fingerprint density at radius 3 is 2.50 bits per heavy atom. The lowest BCUT2D eigenvalue weighted by molar-refractivity contribution is 0.229. The molecule has 2 fully saturated rings. The molecule has 0 bridgehead atoms. The first kappa shape index (κ1) is 15.7. The second-order valence-electron chi connectivity index (χ2n) is 6.50. The van der Waals surface area contributed by atoms with Gasteiger partial charge in [0.25, 0.3) is 0 Å². The zero-order valence-electron chi connectivity index (χ0n) is 13.4. The highest BCUT2D eigenvalue weighted by molar-refractivity contribution is 9.10. The molecule has 2 aliphatic heterocycles. The van der Waals surface area contributed by atoms with Crippen molar-refractivity contribution in [3.63, 3.8) is 0 Å². The second kappa shape index (κ2) is 6.60. The van der Waals surface area contributed by atoms with E-state index in [2.05, 4.69) is 40.9 Å². The van der Waals surface area contributed by atoms with Crippen LogP contribution in [0.2, 0.25) is 0 Å². The second-order valence-corrected chi connectivity index (χ2v) is 7.42. The number of likely N-dealkylation sites (tertiary alicyclic amines) is 1. The number of nitrogens with zero attached hydrogens (tertiary/aromatic N) is 4. The Kier molecular flexibility index (Phi) is 4.32. The van der Waals surface area contributed by atoms with E-state index in [0.29, 0.717) is 17.8 Å². The lowest BCUT2D eigenvalue weighted by Gasteiger charge is -2.20. The van der Waals surface area contributed by atoms with E-state index >= 15 is 0 Å². The molecule has 3 N–H and O–H groups in total. The number of aromatic nitrogens is 3. The van der Waals surface area contributed by atoms with Gasteiger partial charge in [0.2, 0.25) is 11.9 Å². The monoisotopic (exact) mass is 392 g/mol. The molecule has 1 aromatic heterocycles. The zero-order chi connectivity index (χ0) is 16.5. The van der Waals surface area contributed by atoms with Gasteiger partial charge in [0.15, 0.2) is 0 Å². The van der Waals surface area contributed by atoms with Crippen molar-refractivity contribution in [3.8, 4) is 5.75 Å². The van der Waals surface area contributed by atoms with Crippen LogP contribution in [0.5, 0.6) is 5.75 Å². The summed E-state index contributed by atoms with van der Waals surface area (Å²) >= 11 is 3.43. The van der Waals surface area contributed by atoms with E-state index in [1.807, 2.05) is 24.3 Å². The van der Waals surface area contributed by atoms with Crippen LogP contribution in [0.15, 0.2) is 28.7 Å². The van der Waals surface area contributed by atoms with E-state index in [4.69, 9.17) is 10.5 Å². The summed E-state index contributed by atoms with van der Waals surface area (Å²) in [6.45, 7) is 5.97. The molecular weight excluding hydrogens is 372 g/mol. The van der Waals surface area contributed by atoms with Gasteiger partial charge in [-0.2, -0.15) is 4.98 Å². The van der Waals surface area contributed by atoms with E-state index in [1.54, 1.807) is 0 Å². The number of rotatable bonds is 5. The van der Waals surface area contributed by atoms with Crippen LogP contribution in [-0.4, -0.2) is 59.4 Å². The van der Waals surface area contributed by atoms with Crippen molar-refractivity contribution in [1.29, 1.82) is 0 Å². The molecule has 2 unspecified atom stereocenters. The maximum atomic E-state index is 5.83. The Labute approximate surface area is 149 Å². The number of halogens is 1. The third-order valence-electron chi connectivity index (χ3n) is 4.84. The third-order valence-corrected chi connectivity index (χ3v) is 5.37. The quantitative estimate of drug-likeness (QED) is 0.803. The summed E-state index contributed by atoms with van der Waals surface area (Å²) in [6, 6.07) is 7.98. The van der Waals surface area contributed by atoms with Crippen molar-refractivity contribution in [2.45, 2.75) is 0 Å². The maximum Gasteiger partial charge on any atom is 0.241 e. The third kappa shape index (κ3) is 3.34. The number of anilines is 2. The molecule has 0 radical (unpaired) electrons. The Morgan fingerprint density at radius 2 is 1.88 bits per heavy atom. The van der Waals surface area contributed by atoms with Crippen molar-refractivity contribution in [2.24, 2.45) is 11.8 Å². The first-order valence-electron chi connectivity index (χ1n) is 8.21. The fourth-order valence-electron chi connectivity index (χ4n) is 3.68. The van der Waals surface area contributed by atoms with Crippen molar-refractivity contribution >= 4 is 27.8 Å². The highest BCUT2D eigenvalue weighted by atomic mass is 79.9. The van der Waals surface area contributed by atoms with Crippen LogP contribution in [0.1, 0.15) is 0 Å². The smallest absolute Gasteiger partial charge is 0.241 e. The first-order valence-corrected chi connectivity index (χ1v) is 9.00. The van der Waals surface area contributed by atoms with E-state index in [-0.39, 0.29) is 0 Å². The number of H-pyrrole nitrogens is 1. The Hall–Kier alpha value is -1.80. The summed E-state index contributed by atoms with van der Waals surface area (Å²) < 4.78 is 6.90. The average Bonchev–Trinajstić information content (AvgIpc) is 3.23. The molecule has 0 saturated carbocycles. The maximum absolute atomic E-state index is 5.83. The van der Waals surface area contributed by atoms with Gasteiger partial charge in [0.1, 0.15) is 12.4 Å². The predicted molar refractivity (Wildman–Crippen MR) is 96.1 cm³/mol. The minimum atomic E-state index is 0.314. The number of benzene rings is 1. The minimum absolute atomic E-state index is 0.314. The van der Waals surface area contributed by atoms with Crippen molar-refractivity contribution < 1.29 is 4.74 Å². The Morgan fingerprint density at radius 1 is 1.17 bits per heavy atom. The van der Waals surface area contributed by atoms with Crippen LogP contribution in [0.4, 0.5) is 11.9 Å². The molecule has 1 aromatic carbocycles. The van der Waals surface area contributed by atoms with Crippen LogP contribution < -0.4 is 15.4 Å². The van der Waals surface area contributed by atoms with Gasteiger partial charge < -0.3 is 15.4 Å². The number of nitrogens with one attached hydrogen (secondary N) is 1. The molecule has 8 heteroatoms. The van der Waals surface area contributed by atoms with Gasteiger partial charge in [0, 0.05) is 37.2 Å². The zero-order valence-corrected chi connectivity index (χ0v) is 14.9. The molecule has 3 heterocycles. The average molecular weight is 393 g/mol. The van der Waals surface area contributed by atoms with Gasteiger partial charge in [-0.3, -0.25) is 4.90 Å². The molecular formula is C16H21BrN6O. The molecule has 2 saturated heterocycles. The molecule has 4 rings (SSSR count). The number of fused-ring (bicyclic) bond motifs is 1. The Bertz CT molecular complexity index is 676. The molecule has 0 spiro atoms. The first-order chi connectivity index (χ1) is 11.7. The van der Waals surface area contributed by atoms with E-state index in [0.717, 1.165) is 55.5 Å². The fourth-order valence-corrected chi connectivity index (χ4v) is 3.94. The van der Waals surface area contributed by atoms with Crippen LogP contribution in [0.3, 0.4) is 0 Å². The van der Waals surface area contributed by atoms with Crippen molar-refractivity contribution in [1.82, 2.24) is 20.1 Å². The van der Waals surface area contributed by atoms with Crippen LogP contribution >= 0.6 is 15.9 Å². The van der Waals surface area contributed by atoms with Crippen LogP contribution in [0, 0.1) is 11.8 Å². The van der Waals surface area contributed by atoms with Gasteiger partial charge in [0.05, 0.1) is 0 Å². The standard InChI is InChI=1S/C16H21BrN6O/c17-13-1-3-14(4-2-13)24-6-5-22-7-11-9-23(10-12(11)8-22)16-19-15(18)20-21-16/h1-4,11-12H,5-10H2,(H3,18,19,20,21). The van der Waals surface area contributed by atoms with Crippen LogP contribution in [0.25, 0.3) is 0 Å². The van der Waals surface area contributed by atoms with Gasteiger partial charge in [-0.05, 0) is 36.1 Å². The van der Waals surface area contributed by atoms with E-state index < -0.39 is 0 Å². The number of aromatic amines is 1. The number of nitrogen functional groups attached to an aromatic ring is 1. The summed E-state index contributed by atoms with van der Waals surface area (Å²) in [5.41, 5.74) is 5.59. The number of nitrogens with two attached hydrogens (primary N) is 1. The molecule has 2 aromatic rings. The summed E-state index contributed by atoms with van der Waals surface area (Å²) in [4.78, 5) is 8.99. The Balaban J connectivity index is 1.23. The van der Waals surface area contributed by atoms with Gasteiger partial charge in [-0.1, -0.05) is 15.9 Å². The van der Waals surface area contributed by atoms with Gasteiger partial charge in [-0.15, -0.1) is 5.10 Å². The number of ether oxygens (including phenoxy) is 1. The van der Waals surface area contributed by atoms with Gasteiger partial charge >= 0.3 is 0 Å². The highest BCUT2D eigenvalue weighted by Crippen LogP contribution is 2.32. The summed E-state index contributed by atoms with van der Waals surface area (Å²) in [6.07, 6.45) is 0. The number of hydrogen-bond acceptors (Lipinski definition) is 6. The molecule has 2 aliphatic rings. The lowest BCUT2D eigenvalue weighted by atomic mass is 10.0. The largest absolute Gasteiger partial charge is 0.492 e. The van der Waals surface area contributed by atoms with E-state index in [1.165, 1.54) is 0 Å². The van der Waals surface area contributed by atoms with Crippen molar-refractivity contribution in [2.75, 3.05) is 50.0 Å². The number of hydrogen-bond donors (Lipinski definition) is 2. The predicted octanol–water partition coefficient (Wildman–Crippen LogP) is 1.60. The minimum Gasteiger partial charge on any atom is -0.492 e. The topological polar surface area (TPSA) is 83.3 Å². The molecule has 24 heavy (non-hydrogen) atoms. The van der Waals surface area contributed by atoms with Crippen molar-refractivity contribution in [3.05, 3.63) is 28.7 Å². The molecule has 7 nitrogen and oxygen atoms in total. The molecule has 128 valence electrons. The highest BCUT2D eigenvalue weighted by Gasteiger charge is 2.40. The summed E-state index contributed by atoms with van der Waals surface area (Å²) in [5.74, 6) is 3.40. The SMILES string of the molecule is Nc1n[nH]c(N2CC3CN(CCOc4ccc(Br)cc4)CC3C2)n1. The summed E-state index contributed by atoms with van der Waals surface area (Å²) in [5, 5.41) is 6.82.